The summed E-state index contributed by atoms with van der Waals surface area (Å²) in [7, 11) is 3.85. The summed E-state index contributed by atoms with van der Waals surface area (Å²) in [6.45, 7) is 6.47. The minimum Gasteiger partial charge on any atom is -0.459 e. The summed E-state index contributed by atoms with van der Waals surface area (Å²) in [6.07, 6.45) is 1.49. The number of nitrogens with one attached hydrogen (secondary N) is 1. The average molecular weight is 452 g/mol. The zero-order valence-electron chi connectivity index (χ0n) is 19.6. The summed E-state index contributed by atoms with van der Waals surface area (Å²) in [4.78, 5) is 29.6. The fourth-order valence-electron chi connectivity index (χ4n) is 3.55. The van der Waals surface area contributed by atoms with Crippen molar-refractivity contribution in [3.63, 3.8) is 0 Å². The fourth-order valence-corrected chi connectivity index (χ4v) is 3.55. The second-order valence-electron chi connectivity index (χ2n) is 8.60. The van der Waals surface area contributed by atoms with Gasteiger partial charge in [-0.25, -0.2) is 4.39 Å². The van der Waals surface area contributed by atoms with Gasteiger partial charge in [-0.1, -0.05) is 19.9 Å². The zero-order valence-corrected chi connectivity index (χ0v) is 19.6. The van der Waals surface area contributed by atoms with Crippen molar-refractivity contribution in [3.05, 3.63) is 83.6 Å². The Morgan fingerprint density at radius 2 is 1.79 bits per heavy atom. The first-order chi connectivity index (χ1) is 15.7. The molecule has 0 radical (unpaired) electrons. The van der Waals surface area contributed by atoms with Gasteiger partial charge in [-0.15, -0.1) is 0 Å². The second kappa shape index (κ2) is 10.3. The molecule has 7 heteroatoms. The van der Waals surface area contributed by atoms with Gasteiger partial charge in [0.25, 0.3) is 11.8 Å². The lowest BCUT2D eigenvalue weighted by Gasteiger charge is -2.32. The zero-order chi connectivity index (χ0) is 24.1. The number of anilines is 2. The van der Waals surface area contributed by atoms with Crippen molar-refractivity contribution in [2.24, 2.45) is 5.92 Å². The number of rotatable bonds is 8. The molecule has 0 aliphatic rings. The van der Waals surface area contributed by atoms with Gasteiger partial charge in [0.2, 0.25) is 0 Å². The molecule has 3 rings (SSSR count). The van der Waals surface area contributed by atoms with Crippen LogP contribution in [0, 0.1) is 11.7 Å². The van der Waals surface area contributed by atoms with Crippen LogP contribution in [0.15, 0.2) is 65.3 Å². The van der Waals surface area contributed by atoms with Gasteiger partial charge in [0.1, 0.15) is 5.82 Å². The van der Waals surface area contributed by atoms with Gasteiger partial charge in [-0.3, -0.25) is 9.59 Å². The monoisotopic (exact) mass is 451 g/mol. The van der Waals surface area contributed by atoms with Gasteiger partial charge < -0.3 is 19.5 Å². The van der Waals surface area contributed by atoms with Crippen LogP contribution in [0.3, 0.4) is 0 Å². The Kier molecular flexibility index (Phi) is 7.53. The molecule has 0 unspecified atom stereocenters. The second-order valence-corrected chi connectivity index (χ2v) is 8.60. The molecule has 0 saturated heterocycles. The normalized spacial score (nSPS) is 11.8. The average Bonchev–Trinajstić information content (AvgIpc) is 3.31. The Hall–Kier alpha value is -3.61. The number of amides is 2. The van der Waals surface area contributed by atoms with Crippen molar-refractivity contribution in [2.75, 3.05) is 24.3 Å². The molecule has 1 aromatic heterocycles. The van der Waals surface area contributed by atoms with E-state index in [1.54, 1.807) is 29.2 Å². The summed E-state index contributed by atoms with van der Waals surface area (Å²) in [5, 5.41) is 2.83. The summed E-state index contributed by atoms with van der Waals surface area (Å²) in [5.41, 5.74) is 2.58. The molecule has 0 saturated carbocycles. The summed E-state index contributed by atoms with van der Waals surface area (Å²) >= 11 is 0. The van der Waals surface area contributed by atoms with Gasteiger partial charge in [-0.2, -0.15) is 0 Å². The van der Waals surface area contributed by atoms with Crippen molar-refractivity contribution in [1.29, 1.82) is 0 Å². The number of carbonyl (C=O) groups excluding carboxylic acids is 2. The Morgan fingerprint density at radius 1 is 1.03 bits per heavy atom. The van der Waals surface area contributed by atoms with Gasteiger partial charge >= 0.3 is 0 Å². The number of halogens is 1. The summed E-state index contributed by atoms with van der Waals surface area (Å²) in [5.74, 6) is -0.565. The lowest BCUT2D eigenvalue weighted by atomic mass is 10.0. The topological polar surface area (TPSA) is 65.8 Å². The molecule has 1 heterocycles. The summed E-state index contributed by atoms with van der Waals surface area (Å²) in [6, 6.07) is 14.4. The van der Waals surface area contributed by atoms with Crippen LogP contribution >= 0.6 is 0 Å². The quantitative estimate of drug-likeness (QED) is 0.496. The number of carbonyl (C=O) groups is 2. The number of benzene rings is 2. The third kappa shape index (κ3) is 5.80. The molecule has 0 aliphatic heterocycles. The largest absolute Gasteiger partial charge is 0.459 e. The van der Waals surface area contributed by atoms with E-state index in [4.69, 9.17) is 4.42 Å². The van der Waals surface area contributed by atoms with E-state index >= 15 is 0 Å². The molecule has 33 heavy (non-hydrogen) atoms. The van der Waals surface area contributed by atoms with Crippen LogP contribution in [0.2, 0.25) is 0 Å². The van der Waals surface area contributed by atoms with Gasteiger partial charge in [0.05, 0.1) is 6.26 Å². The van der Waals surface area contributed by atoms with E-state index in [9.17, 15) is 14.0 Å². The Labute approximate surface area is 194 Å². The highest BCUT2D eigenvalue weighted by atomic mass is 19.1. The molecule has 1 atom stereocenters. The molecule has 0 aliphatic carbocycles. The first-order valence-corrected chi connectivity index (χ1v) is 10.9. The number of furan rings is 1. The summed E-state index contributed by atoms with van der Waals surface area (Å²) < 4.78 is 18.9. The number of hydrogen-bond acceptors (Lipinski definition) is 4. The van der Waals surface area contributed by atoms with E-state index in [0.29, 0.717) is 12.2 Å². The van der Waals surface area contributed by atoms with Crippen molar-refractivity contribution in [3.8, 4) is 0 Å². The standard InChI is InChI=1S/C26H30FN3O3/c1-17(2)18(3)30(26(32)24-10-7-13-33-24)16-20-15-22(11-12-23(20)29(4)5)28-25(31)19-8-6-9-21(27)14-19/h6-15,17-18H,16H2,1-5H3,(H,28,31)/t18-/m1/s1. The van der Waals surface area contributed by atoms with Crippen LogP contribution in [0.5, 0.6) is 0 Å². The van der Waals surface area contributed by atoms with E-state index in [1.807, 2.05) is 38.1 Å². The Morgan fingerprint density at radius 3 is 2.39 bits per heavy atom. The lowest BCUT2D eigenvalue weighted by molar-refractivity contribution is 0.0595. The number of hydrogen-bond donors (Lipinski definition) is 1. The first-order valence-electron chi connectivity index (χ1n) is 10.9. The molecule has 0 spiro atoms. The Balaban J connectivity index is 1.93. The smallest absolute Gasteiger partial charge is 0.290 e. The molecule has 6 nitrogen and oxygen atoms in total. The van der Waals surface area contributed by atoms with Crippen LogP contribution in [0.1, 0.15) is 47.2 Å². The highest BCUT2D eigenvalue weighted by Crippen LogP contribution is 2.27. The van der Waals surface area contributed by atoms with E-state index in [2.05, 4.69) is 19.2 Å². The highest BCUT2D eigenvalue weighted by Gasteiger charge is 2.27. The fraction of sp³-hybridized carbons (Fsp3) is 0.308. The van der Waals surface area contributed by atoms with E-state index in [1.165, 1.54) is 24.5 Å². The van der Waals surface area contributed by atoms with Crippen molar-refractivity contribution >= 4 is 23.2 Å². The van der Waals surface area contributed by atoms with Crippen LogP contribution in [0.25, 0.3) is 0 Å². The van der Waals surface area contributed by atoms with E-state index < -0.39 is 11.7 Å². The molecule has 1 N–H and O–H groups in total. The van der Waals surface area contributed by atoms with Crippen molar-refractivity contribution in [2.45, 2.75) is 33.4 Å². The lowest BCUT2D eigenvalue weighted by Crippen LogP contribution is -2.41. The molecule has 2 aromatic carbocycles. The SMILES string of the molecule is CC(C)[C@@H](C)N(Cc1cc(NC(=O)c2cccc(F)c2)ccc1N(C)C)C(=O)c1ccco1. The molecule has 174 valence electrons. The molecule has 0 bridgehead atoms. The Bertz CT molecular complexity index is 1110. The first kappa shape index (κ1) is 24.0. The molecular formula is C26H30FN3O3. The maximum Gasteiger partial charge on any atom is 0.290 e. The van der Waals surface area contributed by atoms with Crippen LogP contribution in [0.4, 0.5) is 15.8 Å². The third-order valence-corrected chi connectivity index (χ3v) is 5.70. The minimum absolute atomic E-state index is 0.0526. The third-order valence-electron chi connectivity index (χ3n) is 5.70. The maximum atomic E-state index is 13.5. The van der Waals surface area contributed by atoms with Crippen LogP contribution < -0.4 is 10.2 Å². The van der Waals surface area contributed by atoms with Gasteiger partial charge in [0, 0.05) is 43.6 Å². The predicted octanol–water partition coefficient (Wildman–Crippen LogP) is 5.42. The van der Waals surface area contributed by atoms with E-state index in [0.717, 1.165) is 11.3 Å². The minimum atomic E-state index is -0.471. The highest BCUT2D eigenvalue weighted by molar-refractivity contribution is 6.04. The molecule has 3 aromatic rings. The van der Waals surface area contributed by atoms with Crippen molar-refractivity contribution < 1.29 is 18.4 Å². The van der Waals surface area contributed by atoms with Crippen LogP contribution in [-0.2, 0) is 6.54 Å². The van der Waals surface area contributed by atoms with Gasteiger partial charge in [0.15, 0.2) is 5.76 Å². The molecule has 2 amide bonds. The molecular weight excluding hydrogens is 421 g/mol. The van der Waals surface area contributed by atoms with Crippen molar-refractivity contribution in [1.82, 2.24) is 4.90 Å². The predicted molar refractivity (Wildman–Crippen MR) is 128 cm³/mol. The maximum absolute atomic E-state index is 13.5. The van der Waals surface area contributed by atoms with E-state index in [-0.39, 0.29) is 29.2 Å². The van der Waals surface area contributed by atoms with Crippen LogP contribution in [-0.4, -0.2) is 36.9 Å². The molecule has 0 fully saturated rings. The van der Waals surface area contributed by atoms with Gasteiger partial charge in [-0.05, 0) is 66.9 Å². The number of nitrogens with zero attached hydrogens (tertiary/aromatic N) is 2.